The molecular formula is C56H37NO. The highest BCUT2D eigenvalue weighted by molar-refractivity contribution is 6.14. The monoisotopic (exact) mass is 739 g/mol. The average Bonchev–Trinajstić information content (AvgIpc) is 3.68. The summed E-state index contributed by atoms with van der Waals surface area (Å²) in [6.45, 7) is 0. The van der Waals surface area contributed by atoms with Crippen molar-refractivity contribution in [1.82, 2.24) is 0 Å². The maximum Gasteiger partial charge on any atom is 0.137 e. The Labute approximate surface area is 337 Å². The van der Waals surface area contributed by atoms with Gasteiger partial charge < -0.3 is 9.32 Å². The van der Waals surface area contributed by atoms with Crippen molar-refractivity contribution in [2.45, 2.75) is 0 Å². The minimum atomic E-state index is 0.858. The van der Waals surface area contributed by atoms with Crippen LogP contribution in [0.3, 0.4) is 0 Å². The average molecular weight is 740 g/mol. The summed E-state index contributed by atoms with van der Waals surface area (Å²) in [5.41, 5.74) is 14.3. The minimum Gasteiger partial charge on any atom is -0.456 e. The number of hydrogen-bond acceptors (Lipinski definition) is 2. The number of benzene rings is 10. The van der Waals surface area contributed by atoms with Gasteiger partial charge in [0.25, 0.3) is 0 Å². The number of para-hydroxylation sites is 1. The molecule has 10 aromatic carbocycles. The fourth-order valence-corrected chi connectivity index (χ4v) is 8.61. The van der Waals surface area contributed by atoms with Crippen molar-refractivity contribution in [3.63, 3.8) is 0 Å². The lowest BCUT2D eigenvalue weighted by Gasteiger charge is -2.29. The summed E-state index contributed by atoms with van der Waals surface area (Å²) in [6.07, 6.45) is 0. The quantitative estimate of drug-likeness (QED) is 0.151. The molecule has 0 bridgehead atoms. The number of furan rings is 1. The van der Waals surface area contributed by atoms with Gasteiger partial charge in [0, 0.05) is 33.8 Å². The number of anilines is 3. The van der Waals surface area contributed by atoms with E-state index in [2.05, 4.69) is 217 Å². The van der Waals surface area contributed by atoms with Crippen LogP contribution >= 0.6 is 0 Å². The smallest absolute Gasteiger partial charge is 0.137 e. The van der Waals surface area contributed by atoms with Gasteiger partial charge in [-0.05, 0) is 103 Å². The zero-order valence-electron chi connectivity index (χ0n) is 31.7. The van der Waals surface area contributed by atoms with Gasteiger partial charge in [0.15, 0.2) is 0 Å². The van der Waals surface area contributed by atoms with Crippen molar-refractivity contribution in [3.8, 4) is 44.5 Å². The third-order valence-corrected chi connectivity index (χ3v) is 11.5. The molecule has 1 heterocycles. The second-order valence-electron chi connectivity index (χ2n) is 14.9. The van der Waals surface area contributed by atoms with Crippen LogP contribution in [0.5, 0.6) is 0 Å². The van der Waals surface area contributed by atoms with Gasteiger partial charge in [-0.2, -0.15) is 0 Å². The van der Waals surface area contributed by atoms with Crippen molar-refractivity contribution in [2.75, 3.05) is 4.90 Å². The molecule has 0 N–H and O–H groups in total. The number of fused-ring (bicyclic) bond motifs is 6. The lowest BCUT2D eigenvalue weighted by Crippen LogP contribution is -2.11. The largest absolute Gasteiger partial charge is 0.456 e. The molecule has 0 spiro atoms. The predicted octanol–water partition coefficient (Wildman–Crippen LogP) is 16.0. The Kier molecular flexibility index (Phi) is 8.19. The molecule has 1 aromatic heterocycles. The van der Waals surface area contributed by atoms with E-state index in [1.807, 2.05) is 12.1 Å². The van der Waals surface area contributed by atoms with Gasteiger partial charge in [0.05, 0.1) is 5.69 Å². The van der Waals surface area contributed by atoms with Crippen LogP contribution < -0.4 is 4.90 Å². The third-order valence-electron chi connectivity index (χ3n) is 11.5. The summed E-state index contributed by atoms with van der Waals surface area (Å²) >= 11 is 0. The highest BCUT2D eigenvalue weighted by Crippen LogP contribution is 2.46. The van der Waals surface area contributed by atoms with Gasteiger partial charge in [-0.3, -0.25) is 0 Å². The van der Waals surface area contributed by atoms with Gasteiger partial charge >= 0.3 is 0 Å². The molecular weight excluding hydrogens is 703 g/mol. The van der Waals surface area contributed by atoms with E-state index in [0.29, 0.717) is 0 Å². The molecule has 2 heteroatoms. The van der Waals surface area contributed by atoms with Crippen LogP contribution in [0, 0.1) is 0 Å². The van der Waals surface area contributed by atoms with Crippen LogP contribution in [0.2, 0.25) is 0 Å². The van der Waals surface area contributed by atoms with Gasteiger partial charge in [-0.15, -0.1) is 0 Å². The molecule has 0 saturated carbocycles. The Balaban J connectivity index is 1.11. The predicted molar refractivity (Wildman–Crippen MR) is 245 cm³/mol. The third kappa shape index (κ3) is 5.91. The number of rotatable bonds is 7. The summed E-state index contributed by atoms with van der Waals surface area (Å²) in [5.74, 6) is 0. The Morgan fingerprint density at radius 2 is 0.793 bits per heavy atom. The van der Waals surface area contributed by atoms with Crippen LogP contribution in [-0.4, -0.2) is 0 Å². The molecule has 0 radical (unpaired) electrons. The molecule has 272 valence electrons. The lowest BCUT2D eigenvalue weighted by atomic mass is 9.91. The zero-order chi connectivity index (χ0) is 38.4. The summed E-state index contributed by atoms with van der Waals surface area (Å²) in [6, 6.07) is 80.8. The maximum atomic E-state index is 6.50. The summed E-state index contributed by atoms with van der Waals surface area (Å²) < 4.78 is 6.50. The molecule has 0 amide bonds. The Bertz CT molecular complexity index is 3250. The molecule has 11 aromatic rings. The van der Waals surface area contributed by atoms with E-state index in [0.717, 1.165) is 61.3 Å². The standard InChI is InChI=1S/C56H37NO/c1-3-13-38(14-4-1)39-23-25-40(26-24-39)41-27-30-45(31-28-41)57(46-32-34-52-51-21-11-12-22-55(51)58-56(52)37-46)54-36-44(29-33-48(54)42-15-5-2-6-16-42)53-35-43-17-7-8-18-47(43)49-19-9-10-20-50(49)53/h1-37H. The molecule has 0 atom stereocenters. The highest BCUT2D eigenvalue weighted by atomic mass is 16.3. The van der Waals surface area contributed by atoms with Crippen molar-refractivity contribution < 1.29 is 4.42 Å². The zero-order valence-corrected chi connectivity index (χ0v) is 31.7. The van der Waals surface area contributed by atoms with Crippen molar-refractivity contribution in [3.05, 3.63) is 224 Å². The van der Waals surface area contributed by atoms with Gasteiger partial charge in [0.2, 0.25) is 0 Å². The Hall–Kier alpha value is -7.68. The summed E-state index contributed by atoms with van der Waals surface area (Å²) in [5, 5.41) is 7.20. The van der Waals surface area contributed by atoms with Gasteiger partial charge in [-0.25, -0.2) is 0 Å². The van der Waals surface area contributed by atoms with E-state index in [1.54, 1.807) is 0 Å². The molecule has 0 fully saturated rings. The first-order chi connectivity index (χ1) is 28.7. The van der Waals surface area contributed by atoms with E-state index < -0.39 is 0 Å². The van der Waals surface area contributed by atoms with Crippen molar-refractivity contribution >= 4 is 60.5 Å². The second-order valence-corrected chi connectivity index (χ2v) is 14.9. The molecule has 0 aliphatic heterocycles. The molecule has 0 unspecified atom stereocenters. The topological polar surface area (TPSA) is 16.4 Å². The van der Waals surface area contributed by atoms with E-state index in [-0.39, 0.29) is 0 Å². The van der Waals surface area contributed by atoms with Gasteiger partial charge in [-0.1, -0.05) is 176 Å². The van der Waals surface area contributed by atoms with E-state index in [9.17, 15) is 0 Å². The lowest BCUT2D eigenvalue weighted by molar-refractivity contribution is 0.669. The van der Waals surface area contributed by atoms with E-state index >= 15 is 0 Å². The highest BCUT2D eigenvalue weighted by Gasteiger charge is 2.21. The van der Waals surface area contributed by atoms with E-state index in [4.69, 9.17) is 4.42 Å². The van der Waals surface area contributed by atoms with Crippen LogP contribution in [0.1, 0.15) is 0 Å². The molecule has 58 heavy (non-hydrogen) atoms. The first-order valence-corrected chi connectivity index (χ1v) is 19.8. The molecule has 0 aliphatic carbocycles. The van der Waals surface area contributed by atoms with Crippen LogP contribution in [0.4, 0.5) is 17.1 Å². The summed E-state index contributed by atoms with van der Waals surface area (Å²) in [7, 11) is 0. The Morgan fingerprint density at radius 1 is 0.276 bits per heavy atom. The molecule has 0 saturated heterocycles. The van der Waals surface area contributed by atoms with Crippen LogP contribution in [-0.2, 0) is 0 Å². The fraction of sp³-hybridized carbons (Fsp3) is 0. The van der Waals surface area contributed by atoms with Crippen molar-refractivity contribution in [2.24, 2.45) is 0 Å². The molecule has 0 aliphatic rings. The van der Waals surface area contributed by atoms with Crippen LogP contribution in [0.15, 0.2) is 229 Å². The first-order valence-electron chi connectivity index (χ1n) is 19.8. The number of nitrogens with zero attached hydrogens (tertiary/aromatic N) is 1. The fourth-order valence-electron chi connectivity index (χ4n) is 8.61. The van der Waals surface area contributed by atoms with E-state index in [1.165, 1.54) is 43.8 Å². The van der Waals surface area contributed by atoms with Gasteiger partial charge in [0.1, 0.15) is 11.2 Å². The second kappa shape index (κ2) is 14.1. The first kappa shape index (κ1) is 33.6. The van der Waals surface area contributed by atoms with Crippen molar-refractivity contribution in [1.29, 1.82) is 0 Å². The molecule has 2 nitrogen and oxygen atoms in total. The van der Waals surface area contributed by atoms with Crippen LogP contribution in [0.25, 0.3) is 88.0 Å². The summed E-state index contributed by atoms with van der Waals surface area (Å²) in [4.78, 5) is 2.39. The SMILES string of the molecule is c1ccc(-c2ccc(-c3ccc(N(c4ccc5c(c4)oc4ccccc45)c4cc(-c5cc6ccccc6c6ccccc56)ccc4-c4ccccc4)cc3)cc2)cc1. The minimum absolute atomic E-state index is 0.858. The normalized spacial score (nSPS) is 11.4. The molecule has 11 rings (SSSR count). The number of hydrogen-bond donors (Lipinski definition) is 0. The Morgan fingerprint density at radius 3 is 1.52 bits per heavy atom. The maximum absolute atomic E-state index is 6.50.